The van der Waals surface area contributed by atoms with Gasteiger partial charge in [-0.1, -0.05) is 6.92 Å². The van der Waals surface area contributed by atoms with E-state index in [-0.39, 0.29) is 18.4 Å². The molecule has 5 nitrogen and oxygen atoms in total. The number of hydrogen-bond acceptors (Lipinski definition) is 2. The number of carboxylic acid groups (broad SMARTS) is 1. The fourth-order valence-electron chi connectivity index (χ4n) is 2.89. The highest BCUT2D eigenvalue weighted by Crippen LogP contribution is 2.24. The number of aryl methyl sites for hydroxylation is 1. The Morgan fingerprint density at radius 2 is 2.10 bits per heavy atom. The topological polar surface area (TPSA) is 82.2 Å². The molecule has 3 N–H and O–H groups in total. The molecule has 0 spiro atoms. The third-order valence-electron chi connectivity index (χ3n) is 4.30. The summed E-state index contributed by atoms with van der Waals surface area (Å²) in [6, 6.07) is 0.0390. The highest BCUT2D eigenvalue weighted by atomic mass is 16.4. The predicted molar refractivity (Wildman–Crippen MR) is 80.1 cm³/mol. The number of carbonyl (C=O) groups excluding carboxylic acids is 1. The molecule has 1 aliphatic heterocycles. The summed E-state index contributed by atoms with van der Waals surface area (Å²) in [4.78, 5) is 25.7. The molecule has 1 aliphatic rings. The van der Waals surface area contributed by atoms with Gasteiger partial charge in [0.1, 0.15) is 0 Å². The number of carbonyl (C=O) groups is 2. The molecule has 0 aromatic carbocycles. The van der Waals surface area contributed by atoms with Crippen LogP contribution >= 0.6 is 0 Å². The zero-order valence-electron chi connectivity index (χ0n) is 12.7. The summed E-state index contributed by atoms with van der Waals surface area (Å²) in [6.07, 6.45) is 4.02. The molecule has 0 fully saturated rings. The lowest BCUT2D eigenvalue weighted by Crippen LogP contribution is -2.30. The zero-order chi connectivity index (χ0) is 15.6. The maximum atomic E-state index is 11.8. The fourth-order valence-corrected chi connectivity index (χ4v) is 2.89. The van der Waals surface area contributed by atoms with Gasteiger partial charge in [0.15, 0.2) is 0 Å². The molecule has 1 aromatic rings. The van der Waals surface area contributed by atoms with Gasteiger partial charge in [0.05, 0.1) is 6.04 Å². The molecule has 2 rings (SSSR count). The van der Waals surface area contributed by atoms with Crippen LogP contribution in [-0.4, -0.2) is 28.0 Å². The number of nitrogens with one attached hydrogen (secondary N) is 2. The second-order valence-electron chi connectivity index (χ2n) is 5.56. The maximum absolute atomic E-state index is 11.8. The Kier molecular flexibility index (Phi) is 4.50. The second kappa shape index (κ2) is 6.16. The molecular weight excluding hydrogens is 268 g/mol. The van der Waals surface area contributed by atoms with E-state index >= 15 is 0 Å². The Balaban J connectivity index is 2.09. The van der Waals surface area contributed by atoms with E-state index in [1.807, 2.05) is 27.0 Å². The number of rotatable bonds is 6. The molecule has 1 unspecified atom stereocenters. The van der Waals surface area contributed by atoms with E-state index in [2.05, 4.69) is 10.3 Å². The smallest absolute Gasteiger partial charge is 0.303 e. The third kappa shape index (κ3) is 3.17. The minimum absolute atomic E-state index is 0.0373. The summed E-state index contributed by atoms with van der Waals surface area (Å²) in [5, 5.41) is 11.8. The van der Waals surface area contributed by atoms with Crippen molar-refractivity contribution < 1.29 is 14.7 Å². The monoisotopic (exact) mass is 290 g/mol. The normalized spacial score (nSPS) is 18.2. The molecule has 0 aliphatic carbocycles. The van der Waals surface area contributed by atoms with Crippen LogP contribution in [-0.2, 0) is 22.4 Å². The van der Waals surface area contributed by atoms with Crippen LogP contribution in [0.15, 0.2) is 17.3 Å². The van der Waals surface area contributed by atoms with E-state index in [1.165, 1.54) is 0 Å². The van der Waals surface area contributed by atoms with Crippen LogP contribution in [0.4, 0.5) is 0 Å². The average molecular weight is 290 g/mol. The van der Waals surface area contributed by atoms with Crippen molar-refractivity contribution in [3.8, 4) is 0 Å². The first-order valence-corrected chi connectivity index (χ1v) is 7.32. The third-order valence-corrected chi connectivity index (χ3v) is 4.30. The van der Waals surface area contributed by atoms with Gasteiger partial charge in [0.2, 0.25) is 5.91 Å². The van der Waals surface area contributed by atoms with Crippen molar-refractivity contribution in [2.75, 3.05) is 0 Å². The first-order chi connectivity index (χ1) is 9.93. The Hall–Kier alpha value is -2.04. The number of H-pyrrole nitrogens is 1. The second-order valence-corrected chi connectivity index (χ2v) is 5.56. The SMILES string of the molecule is CCC1=C(C)C(Cc2[nH]cc(CCC(=O)O)c2C)NC1=O. The van der Waals surface area contributed by atoms with Gasteiger partial charge in [-0.05, 0) is 43.4 Å². The number of carboxylic acids is 1. The highest BCUT2D eigenvalue weighted by Gasteiger charge is 2.28. The molecule has 0 saturated carbocycles. The summed E-state index contributed by atoms with van der Waals surface area (Å²) >= 11 is 0. The fraction of sp³-hybridized carbons (Fsp3) is 0.500. The first-order valence-electron chi connectivity index (χ1n) is 7.32. The largest absolute Gasteiger partial charge is 0.481 e. The van der Waals surface area contributed by atoms with Gasteiger partial charge in [-0.3, -0.25) is 9.59 Å². The minimum atomic E-state index is -0.786. The van der Waals surface area contributed by atoms with Gasteiger partial charge in [-0.2, -0.15) is 0 Å². The number of amides is 1. The van der Waals surface area contributed by atoms with Gasteiger partial charge in [0.25, 0.3) is 0 Å². The van der Waals surface area contributed by atoms with Crippen LogP contribution in [0.1, 0.15) is 43.5 Å². The lowest BCUT2D eigenvalue weighted by Gasteiger charge is -2.12. The number of aliphatic carboxylic acids is 1. The Labute approximate surface area is 124 Å². The van der Waals surface area contributed by atoms with E-state index in [0.717, 1.165) is 40.8 Å². The average Bonchev–Trinajstić information content (AvgIpc) is 2.90. The van der Waals surface area contributed by atoms with Gasteiger partial charge in [-0.15, -0.1) is 0 Å². The van der Waals surface area contributed by atoms with Crippen molar-refractivity contribution in [2.45, 2.75) is 52.5 Å². The Morgan fingerprint density at radius 3 is 2.67 bits per heavy atom. The summed E-state index contributed by atoms with van der Waals surface area (Å²) < 4.78 is 0. The van der Waals surface area contributed by atoms with E-state index < -0.39 is 5.97 Å². The van der Waals surface area contributed by atoms with Crippen LogP contribution < -0.4 is 5.32 Å². The van der Waals surface area contributed by atoms with Crippen LogP contribution in [0.2, 0.25) is 0 Å². The van der Waals surface area contributed by atoms with Gasteiger partial charge in [-0.25, -0.2) is 0 Å². The molecule has 0 radical (unpaired) electrons. The van der Waals surface area contributed by atoms with E-state index in [1.54, 1.807) is 0 Å². The minimum Gasteiger partial charge on any atom is -0.481 e. The van der Waals surface area contributed by atoms with Crippen LogP contribution in [0, 0.1) is 6.92 Å². The highest BCUT2D eigenvalue weighted by molar-refractivity contribution is 5.97. The van der Waals surface area contributed by atoms with E-state index in [4.69, 9.17) is 5.11 Å². The molecular formula is C16H22N2O3. The summed E-state index contributed by atoms with van der Waals surface area (Å²) in [5.41, 5.74) is 5.20. The van der Waals surface area contributed by atoms with Crippen molar-refractivity contribution in [1.29, 1.82) is 0 Å². The van der Waals surface area contributed by atoms with E-state index in [9.17, 15) is 9.59 Å². The lowest BCUT2D eigenvalue weighted by molar-refractivity contribution is -0.137. The first kappa shape index (κ1) is 15.4. The molecule has 0 bridgehead atoms. The quantitative estimate of drug-likeness (QED) is 0.750. The molecule has 2 heterocycles. The van der Waals surface area contributed by atoms with Gasteiger partial charge in [0, 0.05) is 30.3 Å². The molecule has 1 amide bonds. The van der Waals surface area contributed by atoms with Gasteiger partial charge >= 0.3 is 5.97 Å². The molecule has 5 heteroatoms. The summed E-state index contributed by atoms with van der Waals surface area (Å²) in [5.74, 6) is -0.748. The van der Waals surface area contributed by atoms with Crippen LogP contribution in [0.5, 0.6) is 0 Å². The number of hydrogen-bond donors (Lipinski definition) is 3. The van der Waals surface area contributed by atoms with Crippen molar-refractivity contribution >= 4 is 11.9 Å². The Morgan fingerprint density at radius 1 is 1.38 bits per heavy atom. The Bertz CT molecular complexity index is 599. The molecule has 21 heavy (non-hydrogen) atoms. The van der Waals surface area contributed by atoms with Crippen molar-refractivity contribution in [1.82, 2.24) is 10.3 Å². The predicted octanol–water partition coefficient (Wildman–Crippen LogP) is 2.11. The molecule has 0 saturated heterocycles. The lowest BCUT2D eigenvalue weighted by atomic mass is 9.99. The van der Waals surface area contributed by atoms with Crippen molar-refractivity contribution in [2.24, 2.45) is 0 Å². The van der Waals surface area contributed by atoms with Crippen LogP contribution in [0.25, 0.3) is 0 Å². The summed E-state index contributed by atoms with van der Waals surface area (Å²) in [6.45, 7) is 6.00. The number of aromatic nitrogens is 1. The number of aromatic amines is 1. The molecule has 114 valence electrons. The molecule has 1 atom stereocenters. The standard InChI is InChI=1S/C16H22N2O3/c1-4-12-10(3)14(18-16(12)21)7-13-9(2)11(8-17-13)5-6-15(19)20/h8,14,17H,4-7H2,1-3H3,(H,18,21)(H,19,20). The van der Waals surface area contributed by atoms with Crippen molar-refractivity contribution in [3.05, 3.63) is 34.2 Å². The van der Waals surface area contributed by atoms with Gasteiger partial charge < -0.3 is 15.4 Å². The van der Waals surface area contributed by atoms with Crippen LogP contribution in [0.3, 0.4) is 0 Å². The van der Waals surface area contributed by atoms with Crippen molar-refractivity contribution in [3.63, 3.8) is 0 Å². The molecule has 1 aromatic heterocycles. The summed E-state index contributed by atoms with van der Waals surface area (Å²) in [7, 11) is 0. The zero-order valence-corrected chi connectivity index (χ0v) is 12.7. The maximum Gasteiger partial charge on any atom is 0.303 e. The van der Waals surface area contributed by atoms with E-state index in [0.29, 0.717) is 6.42 Å².